The molecule has 7 nitrogen and oxygen atoms in total. The zero-order valence-corrected chi connectivity index (χ0v) is 19.5. The molecule has 0 amide bonds. The van der Waals surface area contributed by atoms with Crippen molar-refractivity contribution >= 4 is 22.7 Å². The van der Waals surface area contributed by atoms with Crippen LogP contribution in [0, 0.1) is 0 Å². The van der Waals surface area contributed by atoms with Crippen LogP contribution < -0.4 is 14.7 Å². The number of fused-ring (bicyclic) bond motifs is 1. The van der Waals surface area contributed by atoms with E-state index in [1.165, 1.54) is 35.3 Å². The van der Waals surface area contributed by atoms with Crippen LogP contribution in [-0.4, -0.2) is 19.6 Å². The summed E-state index contributed by atoms with van der Waals surface area (Å²) >= 11 is 0. The third kappa shape index (κ3) is 5.08. The number of aryl methyl sites for hydroxylation is 1. The van der Waals surface area contributed by atoms with Crippen molar-refractivity contribution in [3.63, 3.8) is 0 Å². The number of anilines is 2. The van der Waals surface area contributed by atoms with E-state index >= 15 is 0 Å². The van der Waals surface area contributed by atoms with Crippen molar-refractivity contribution in [3.05, 3.63) is 84.3 Å². The van der Waals surface area contributed by atoms with E-state index in [2.05, 4.69) is 20.4 Å². The molecule has 0 aliphatic carbocycles. The van der Waals surface area contributed by atoms with Crippen LogP contribution in [-0.2, 0) is 19.1 Å². The molecule has 0 bridgehead atoms. The number of benzene rings is 2. The molecular formula is C25H20F5N6O+. The summed E-state index contributed by atoms with van der Waals surface area (Å²) in [5, 5.41) is 5.62. The molecule has 0 radical (unpaired) electrons. The van der Waals surface area contributed by atoms with Gasteiger partial charge < -0.3 is 14.6 Å². The highest BCUT2D eigenvalue weighted by Gasteiger charge is 2.30. The molecule has 0 saturated heterocycles. The van der Waals surface area contributed by atoms with Crippen molar-refractivity contribution in [2.75, 3.05) is 5.32 Å². The smallest absolute Gasteiger partial charge is 0.416 e. The number of aromatic nitrogens is 5. The summed E-state index contributed by atoms with van der Waals surface area (Å²) in [4.78, 5) is 8.72. The van der Waals surface area contributed by atoms with E-state index in [1.807, 2.05) is 0 Å². The van der Waals surface area contributed by atoms with Gasteiger partial charge in [0.2, 0.25) is 5.95 Å². The Morgan fingerprint density at radius 3 is 2.35 bits per heavy atom. The quantitative estimate of drug-likeness (QED) is 0.208. The Morgan fingerprint density at radius 1 is 0.946 bits per heavy atom. The summed E-state index contributed by atoms with van der Waals surface area (Å²) in [6, 6.07) is 14.4. The number of alkyl halides is 5. The molecule has 0 fully saturated rings. The number of nitrogens with zero attached hydrogens (tertiary/aromatic N) is 4. The average molecular weight is 515 g/mol. The van der Waals surface area contributed by atoms with Gasteiger partial charge in [-0.2, -0.15) is 22.0 Å². The van der Waals surface area contributed by atoms with E-state index < -0.39 is 17.7 Å². The maximum Gasteiger partial charge on any atom is 0.416 e. The lowest BCUT2D eigenvalue weighted by atomic mass is 10.2. The first-order chi connectivity index (χ1) is 17.5. The molecule has 2 N–H and O–H groups in total. The molecule has 3 heterocycles. The predicted molar refractivity (Wildman–Crippen MR) is 125 cm³/mol. The number of imidazole rings is 1. The molecule has 37 heavy (non-hydrogen) atoms. The molecule has 5 rings (SSSR count). The Kier molecular flexibility index (Phi) is 5.81. The largest absolute Gasteiger partial charge is 0.457 e. The molecule has 0 aliphatic heterocycles. The Bertz CT molecular complexity index is 1570. The molecule has 3 aromatic heterocycles. The van der Waals surface area contributed by atoms with Crippen LogP contribution in [0.4, 0.5) is 33.6 Å². The first kappa shape index (κ1) is 24.2. The van der Waals surface area contributed by atoms with Gasteiger partial charge in [-0.25, -0.2) is 10.1 Å². The number of nitrogens with one attached hydrogen (secondary N) is 2. The van der Waals surface area contributed by atoms with Crippen molar-refractivity contribution < 1.29 is 31.4 Å². The molecule has 0 atom stereocenters. The molecule has 2 aromatic carbocycles. The van der Waals surface area contributed by atoms with Gasteiger partial charge in [0.25, 0.3) is 5.92 Å². The molecule has 0 aliphatic rings. The highest BCUT2D eigenvalue weighted by Crippen LogP contribution is 2.31. The van der Waals surface area contributed by atoms with E-state index in [1.54, 1.807) is 41.9 Å². The number of hydrogen-bond acceptors (Lipinski definition) is 4. The zero-order valence-electron chi connectivity index (χ0n) is 19.5. The van der Waals surface area contributed by atoms with Crippen molar-refractivity contribution in [2.24, 2.45) is 7.05 Å². The third-order valence-corrected chi connectivity index (χ3v) is 5.62. The first-order valence-electron chi connectivity index (χ1n) is 11.0. The fourth-order valence-electron chi connectivity index (χ4n) is 3.69. The number of halogens is 5. The monoisotopic (exact) mass is 515 g/mol. The van der Waals surface area contributed by atoms with Crippen molar-refractivity contribution in [1.82, 2.24) is 19.6 Å². The molecule has 5 aromatic rings. The van der Waals surface area contributed by atoms with Gasteiger partial charge in [-0.3, -0.25) is 0 Å². The van der Waals surface area contributed by atoms with Crippen molar-refractivity contribution in [3.8, 4) is 17.3 Å². The molecule has 0 unspecified atom stereocenters. The standard InChI is InChI=1S/C25H19F5N6O/c1-24(26,27)21-10-12-36(34-21)22-14-18(9-11-31-22)37-17-7-8-20-19(13-17)33-23(35(20)2)32-16-5-3-15(4-6-16)25(28,29)30/h3-14H,1-2H3,(H,32,33)/p+1. The number of pyridine rings is 1. The summed E-state index contributed by atoms with van der Waals surface area (Å²) in [7, 11) is 1.78. The molecular weight excluding hydrogens is 495 g/mol. The second kappa shape index (κ2) is 8.87. The van der Waals surface area contributed by atoms with Gasteiger partial charge >= 0.3 is 12.0 Å². The molecule has 190 valence electrons. The van der Waals surface area contributed by atoms with E-state index in [-0.39, 0.29) is 5.69 Å². The topological polar surface area (TPSA) is 71.6 Å². The van der Waals surface area contributed by atoms with Gasteiger partial charge in [0.05, 0.1) is 22.7 Å². The van der Waals surface area contributed by atoms with E-state index in [4.69, 9.17) is 4.74 Å². The van der Waals surface area contributed by atoms with Crippen LogP contribution >= 0.6 is 0 Å². The Hall–Kier alpha value is -4.48. The summed E-state index contributed by atoms with van der Waals surface area (Å²) in [5.74, 6) is -1.33. The van der Waals surface area contributed by atoms with Gasteiger partial charge in [0, 0.05) is 37.9 Å². The minimum atomic E-state index is -4.41. The number of ether oxygens (including phenoxy) is 1. The molecule has 0 saturated carbocycles. The predicted octanol–water partition coefficient (Wildman–Crippen LogP) is 6.24. The second-order valence-electron chi connectivity index (χ2n) is 8.40. The van der Waals surface area contributed by atoms with Crippen molar-refractivity contribution in [1.29, 1.82) is 0 Å². The van der Waals surface area contributed by atoms with E-state index in [9.17, 15) is 22.0 Å². The first-order valence-corrected chi connectivity index (χ1v) is 11.0. The minimum Gasteiger partial charge on any atom is -0.457 e. The van der Waals surface area contributed by atoms with Gasteiger partial charge in [0.15, 0.2) is 0 Å². The van der Waals surface area contributed by atoms with Gasteiger partial charge in [-0.15, -0.1) is 4.68 Å². The van der Waals surface area contributed by atoms with Crippen LogP contribution in [0.5, 0.6) is 11.5 Å². The van der Waals surface area contributed by atoms with Crippen LogP contribution in [0.2, 0.25) is 0 Å². The lowest BCUT2D eigenvalue weighted by molar-refractivity contribution is -0.660. The molecule has 12 heteroatoms. The highest BCUT2D eigenvalue weighted by molar-refractivity contribution is 5.81. The number of rotatable bonds is 6. The van der Waals surface area contributed by atoms with E-state index in [0.29, 0.717) is 34.5 Å². The van der Waals surface area contributed by atoms with Gasteiger partial charge in [-0.05, 0) is 41.4 Å². The number of H-pyrrole nitrogens is 1. The lowest BCUT2D eigenvalue weighted by Gasteiger charge is -2.09. The minimum absolute atomic E-state index is 0.248. The van der Waals surface area contributed by atoms with Crippen LogP contribution in [0.3, 0.4) is 0 Å². The van der Waals surface area contributed by atoms with Gasteiger partial charge in [0.1, 0.15) is 29.6 Å². The second-order valence-corrected chi connectivity index (χ2v) is 8.40. The van der Waals surface area contributed by atoms with Crippen LogP contribution in [0.15, 0.2) is 73.1 Å². The summed E-state index contributed by atoms with van der Waals surface area (Å²) in [5.41, 5.74) is 0.840. The summed E-state index contributed by atoms with van der Waals surface area (Å²) < 4.78 is 74.6. The third-order valence-electron chi connectivity index (χ3n) is 5.62. The fourth-order valence-corrected chi connectivity index (χ4v) is 3.69. The Morgan fingerprint density at radius 2 is 1.68 bits per heavy atom. The molecule has 0 spiro atoms. The number of hydrogen-bond donors (Lipinski definition) is 2. The lowest BCUT2D eigenvalue weighted by Crippen LogP contribution is -2.34. The van der Waals surface area contributed by atoms with E-state index in [0.717, 1.165) is 24.6 Å². The normalized spacial score (nSPS) is 12.2. The maximum atomic E-state index is 13.5. The average Bonchev–Trinajstić information content (AvgIpc) is 3.45. The highest BCUT2D eigenvalue weighted by atomic mass is 19.4. The summed E-state index contributed by atoms with van der Waals surface area (Å²) in [6.07, 6.45) is -1.46. The zero-order chi connectivity index (χ0) is 26.4. The van der Waals surface area contributed by atoms with Crippen LogP contribution in [0.1, 0.15) is 18.2 Å². The summed E-state index contributed by atoms with van der Waals surface area (Å²) in [6.45, 7) is 0.800. The van der Waals surface area contributed by atoms with Gasteiger partial charge in [-0.1, -0.05) is 0 Å². The van der Waals surface area contributed by atoms with Crippen LogP contribution in [0.25, 0.3) is 16.9 Å². The number of aromatic amines is 1. The maximum absolute atomic E-state index is 13.5. The SMILES string of the molecule is Cn1c(Nc2ccc(C(F)(F)F)cc2)nc2cc(Oc3ccnc(-[n+]4ccc(C(C)(F)F)[nH]4)c3)ccc21. The van der Waals surface area contributed by atoms with Crippen molar-refractivity contribution in [2.45, 2.75) is 19.0 Å². The Labute approximate surface area is 207 Å². The fraction of sp³-hybridized carbons (Fsp3) is 0.160. The Balaban J connectivity index is 1.36.